The number of hydrogen-bond donors (Lipinski definition) is 2. The maximum Gasteiger partial charge on any atom is 1.00 e. The molecule has 4 aromatic carbocycles. The van der Waals surface area contributed by atoms with Gasteiger partial charge in [-0.1, -0.05) is 59.3 Å². The number of carbonyl (C=O) groups excluding carboxylic acids is 1. The van der Waals surface area contributed by atoms with Gasteiger partial charge in [0.25, 0.3) is 16.0 Å². The first-order valence-electron chi connectivity index (χ1n) is 11.2. The van der Waals surface area contributed by atoms with Crippen molar-refractivity contribution in [3.63, 3.8) is 0 Å². The molecule has 0 saturated carbocycles. The maximum atomic E-state index is 13.5. The van der Waals surface area contributed by atoms with Crippen molar-refractivity contribution < 1.29 is 57.2 Å². The van der Waals surface area contributed by atoms with Crippen LogP contribution in [0.1, 0.15) is 22.8 Å². The molecule has 0 aliphatic heterocycles. The van der Waals surface area contributed by atoms with E-state index in [-0.39, 0.29) is 68.0 Å². The van der Waals surface area contributed by atoms with Gasteiger partial charge in [0, 0.05) is 16.0 Å². The van der Waals surface area contributed by atoms with E-state index in [1.54, 1.807) is 56.3 Å². The largest absolute Gasteiger partial charge is 1.00 e. The van der Waals surface area contributed by atoms with Crippen molar-refractivity contribution in [1.82, 2.24) is 0 Å². The third-order valence-electron chi connectivity index (χ3n) is 5.50. The van der Waals surface area contributed by atoms with Gasteiger partial charge in [0.15, 0.2) is 5.75 Å². The van der Waals surface area contributed by atoms with Crippen molar-refractivity contribution in [1.29, 1.82) is 0 Å². The predicted octanol–water partition coefficient (Wildman–Crippen LogP) is 3.85. The molecule has 0 saturated heterocycles. The van der Waals surface area contributed by atoms with Crippen molar-refractivity contribution in [2.75, 3.05) is 11.9 Å². The van der Waals surface area contributed by atoms with Crippen molar-refractivity contribution in [2.45, 2.75) is 18.7 Å². The predicted molar refractivity (Wildman–Crippen MR) is 144 cm³/mol. The number of carbonyl (C=O) groups is 1. The van der Waals surface area contributed by atoms with Crippen LogP contribution in [0.4, 0.5) is 17.1 Å². The van der Waals surface area contributed by atoms with Crippen LogP contribution in [-0.4, -0.2) is 25.5 Å². The summed E-state index contributed by atoms with van der Waals surface area (Å²) in [6.07, 6.45) is 0. The number of rotatable bonds is 7. The van der Waals surface area contributed by atoms with Crippen LogP contribution in [0, 0.1) is 6.92 Å². The van der Waals surface area contributed by atoms with Crippen molar-refractivity contribution in [3.05, 3.63) is 81.8 Å². The molecule has 0 aliphatic carbocycles. The molecule has 0 atom stereocenters. The summed E-state index contributed by atoms with van der Waals surface area (Å²) in [6, 6.07) is 15.3. The minimum atomic E-state index is -4.70. The van der Waals surface area contributed by atoms with Crippen molar-refractivity contribution in [3.8, 4) is 11.5 Å². The Morgan fingerprint density at radius 3 is 2.46 bits per heavy atom. The second-order valence-electron chi connectivity index (χ2n) is 8.07. The van der Waals surface area contributed by atoms with Gasteiger partial charge >= 0.3 is 29.6 Å². The van der Waals surface area contributed by atoms with Crippen molar-refractivity contribution >= 4 is 67.1 Å². The second-order valence-corrected chi connectivity index (χ2v) is 10.3. The van der Waals surface area contributed by atoms with Crippen LogP contribution in [-0.2, 0) is 10.1 Å². The Morgan fingerprint density at radius 1 is 1.05 bits per heavy atom. The molecule has 4 aromatic rings. The molecule has 0 spiro atoms. The third-order valence-corrected chi connectivity index (χ3v) is 7.09. The van der Waals surface area contributed by atoms with Crippen LogP contribution >= 0.6 is 23.2 Å². The van der Waals surface area contributed by atoms with Crippen molar-refractivity contribution in [2.24, 2.45) is 10.2 Å². The number of fused-ring (bicyclic) bond motifs is 1. The molecule has 39 heavy (non-hydrogen) atoms. The number of azo groups is 1. The number of ether oxygens (including phenoxy) is 1. The smallest absolute Gasteiger partial charge is 0.870 e. The molecule has 0 unspecified atom stereocenters. The van der Waals surface area contributed by atoms with Gasteiger partial charge in [-0.3, -0.25) is 9.35 Å². The Kier molecular flexibility index (Phi) is 10.0. The SMILES string of the molecule is CCOc1c(Cl)cccc1NC(=O)c1cc2ccccc2c(N=Nc2cc(C)c(Cl)cc2S(=O)(=O)O)c1[O-].[Na+]. The zero-order valence-corrected chi connectivity index (χ0v) is 25.4. The van der Waals surface area contributed by atoms with Gasteiger partial charge in [-0.25, -0.2) is 0 Å². The van der Waals surface area contributed by atoms with Gasteiger partial charge in [0.2, 0.25) is 0 Å². The summed E-state index contributed by atoms with van der Waals surface area (Å²) in [6.45, 7) is 3.68. The van der Waals surface area contributed by atoms with Crippen LogP contribution in [0.5, 0.6) is 11.5 Å². The number of nitrogens with one attached hydrogen (secondary N) is 1. The first kappa shape index (κ1) is 30.8. The third kappa shape index (κ3) is 6.72. The quantitative estimate of drug-likeness (QED) is 0.189. The molecule has 0 aliphatic rings. The van der Waals surface area contributed by atoms with E-state index in [1.165, 1.54) is 12.1 Å². The summed E-state index contributed by atoms with van der Waals surface area (Å²) in [7, 11) is -4.70. The van der Waals surface area contributed by atoms with E-state index in [1.807, 2.05) is 0 Å². The molecule has 1 amide bonds. The number of amides is 1. The number of benzene rings is 4. The van der Waals surface area contributed by atoms with Gasteiger partial charge in [-0.05, 0) is 55.1 Å². The number of halogens is 2. The fourth-order valence-corrected chi connectivity index (χ4v) is 4.79. The minimum absolute atomic E-state index is 0. The summed E-state index contributed by atoms with van der Waals surface area (Å²) < 4.78 is 38.9. The molecule has 0 radical (unpaired) electrons. The molecule has 0 fully saturated rings. The standard InChI is InChI=1S/C26H21Cl2N3O6S.Na/c1-3-37-25-18(27)9-6-10-20(25)29-26(33)17-12-15-7-4-5-8-16(15)23(24(17)32)31-30-21-11-14(2)19(28)13-22(21)38(34,35)36;/h4-13,32H,3H2,1-2H3,(H,29,33)(H,34,35,36);/q;+1/p-1. The molecule has 196 valence electrons. The van der Waals surface area contributed by atoms with E-state index in [2.05, 4.69) is 15.5 Å². The van der Waals surface area contributed by atoms with E-state index in [0.717, 1.165) is 6.07 Å². The van der Waals surface area contributed by atoms with Crippen LogP contribution in [0.25, 0.3) is 10.8 Å². The average Bonchev–Trinajstić information content (AvgIpc) is 2.86. The summed E-state index contributed by atoms with van der Waals surface area (Å²) in [4.78, 5) is 12.7. The Balaban J connectivity index is 0.00000420. The van der Waals surface area contributed by atoms with Crippen LogP contribution < -0.4 is 44.7 Å². The van der Waals surface area contributed by atoms with Gasteiger partial charge in [0.05, 0.1) is 23.0 Å². The average molecular weight is 596 g/mol. The zero-order chi connectivity index (χ0) is 27.6. The number of aryl methyl sites for hydroxylation is 1. The van der Waals surface area contributed by atoms with Gasteiger partial charge in [-0.2, -0.15) is 13.5 Å². The van der Waals surface area contributed by atoms with E-state index in [9.17, 15) is 22.9 Å². The molecule has 9 nitrogen and oxygen atoms in total. The molecular formula is C26H20Cl2N3NaO6S. The van der Waals surface area contributed by atoms with Crippen LogP contribution in [0.3, 0.4) is 0 Å². The summed E-state index contributed by atoms with van der Waals surface area (Å²) in [5, 5.41) is 25.4. The molecule has 0 heterocycles. The van der Waals surface area contributed by atoms with Gasteiger partial charge in [-0.15, -0.1) is 5.11 Å². The fraction of sp³-hybridized carbons (Fsp3) is 0.115. The normalized spacial score (nSPS) is 11.4. The van der Waals surface area contributed by atoms with Gasteiger partial charge < -0.3 is 15.2 Å². The topological polar surface area (TPSA) is 140 Å². The van der Waals surface area contributed by atoms with E-state index >= 15 is 0 Å². The van der Waals surface area contributed by atoms with E-state index in [0.29, 0.717) is 22.9 Å². The Labute approximate surface area is 256 Å². The summed E-state index contributed by atoms with van der Waals surface area (Å²) >= 11 is 12.2. The molecule has 4 rings (SSSR count). The Hall–Kier alpha value is -2.70. The summed E-state index contributed by atoms with van der Waals surface area (Å²) in [5.41, 5.74) is 0.0862. The molecule has 13 heteroatoms. The number of anilines is 1. The number of nitrogens with zero attached hydrogens (tertiary/aromatic N) is 2. The molecular weight excluding hydrogens is 576 g/mol. The van der Waals surface area contributed by atoms with Crippen LogP contribution in [0.2, 0.25) is 10.0 Å². The zero-order valence-electron chi connectivity index (χ0n) is 21.0. The molecule has 2 N–H and O–H groups in total. The van der Waals surface area contributed by atoms with E-state index in [4.69, 9.17) is 27.9 Å². The summed E-state index contributed by atoms with van der Waals surface area (Å²) in [5.74, 6) is -1.22. The van der Waals surface area contributed by atoms with Crippen LogP contribution in [0.15, 0.2) is 75.8 Å². The fourth-order valence-electron chi connectivity index (χ4n) is 3.70. The minimum Gasteiger partial charge on any atom is -0.870 e. The Bertz CT molecular complexity index is 1710. The molecule has 0 aromatic heterocycles. The monoisotopic (exact) mass is 595 g/mol. The number of hydrogen-bond acceptors (Lipinski definition) is 7. The van der Waals surface area contributed by atoms with E-state index < -0.39 is 26.7 Å². The first-order valence-corrected chi connectivity index (χ1v) is 13.4. The first-order chi connectivity index (χ1) is 18.0. The number of para-hydroxylation sites is 1. The molecule has 0 bridgehead atoms. The van der Waals surface area contributed by atoms with Gasteiger partial charge in [0.1, 0.15) is 10.6 Å². The maximum absolute atomic E-state index is 13.5. The Morgan fingerprint density at radius 2 is 1.77 bits per heavy atom. The second kappa shape index (κ2) is 12.6.